The van der Waals surface area contributed by atoms with Crippen LogP contribution in [0.3, 0.4) is 0 Å². The zero-order chi connectivity index (χ0) is 14.0. The summed E-state index contributed by atoms with van der Waals surface area (Å²) >= 11 is 0. The molecule has 0 bridgehead atoms. The lowest BCUT2D eigenvalue weighted by atomic mass is 9.96. The van der Waals surface area contributed by atoms with Crippen LogP contribution in [-0.2, 0) is 0 Å². The molecule has 5 heteroatoms. The maximum Gasteiger partial charge on any atom is 0.391 e. The van der Waals surface area contributed by atoms with E-state index < -0.39 is 12.1 Å². The summed E-state index contributed by atoms with van der Waals surface area (Å²) in [4.78, 5) is 13.1. The van der Waals surface area contributed by atoms with Crippen LogP contribution in [0.1, 0.15) is 30.1 Å². The number of halogens is 3. The lowest BCUT2D eigenvalue weighted by Crippen LogP contribution is -2.38. The van der Waals surface area contributed by atoms with E-state index in [-0.39, 0.29) is 18.6 Å². The van der Waals surface area contributed by atoms with E-state index in [9.17, 15) is 18.0 Å². The molecule has 0 aliphatic carbocycles. The van der Waals surface area contributed by atoms with Crippen LogP contribution < -0.4 is 4.90 Å². The molecule has 0 radical (unpaired) electrons. The van der Waals surface area contributed by atoms with E-state index in [0.717, 1.165) is 5.69 Å². The van der Waals surface area contributed by atoms with Crippen LogP contribution in [0, 0.1) is 5.92 Å². The van der Waals surface area contributed by atoms with Crippen molar-refractivity contribution in [1.29, 1.82) is 0 Å². The molecule has 0 aromatic heterocycles. The molecule has 1 fully saturated rings. The average Bonchev–Trinajstić information content (AvgIpc) is 2.38. The Morgan fingerprint density at radius 1 is 1.16 bits per heavy atom. The predicted octanol–water partition coefficient (Wildman–Crippen LogP) is 3.67. The zero-order valence-corrected chi connectivity index (χ0v) is 10.7. The van der Waals surface area contributed by atoms with Gasteiger partial charge in [-0.2, -0.15) is 13.2 Å². The first kappa shape index (κ1) is 13.9. The Labute approximate surface area is 110 Å². The number of hydrogen-bond acceptors (Lipinski definition) is 2. The number of nitrogens with zero attached hydrogens (tertiary/aromatic N) is 1. The number of piperidine rings is 1. The van der Waals surface area contributed by atoms with Crippen molar-refractivity contribution < 1.29 is 18.0 Å². The molecule has 1 heterocycles. The maximum absolute atomic E-state index is 12.6. The van der Waals surface area contributed by atoms with E-state index >= 15 is 0 Å². The first-order chi connectivity index (χ1) is 8.88. The second-order valence-electron chi connectivity index (χ2n) is 4.91. The average molecular weight is 271 g/mol. The topological polar surface area (TPSA) is 20.3 Å². The Bertz CT molecular complexity index is 445. The van der Waals surface area contributed by atoms with Gasteiger partial charge in [0.25, 0.3) is 0 Å². The van der Waals surface area contributed by atoms with E-state index in [1.807, 2.05) is 4.90 Å². The number of hydrogen-bond donors (Lipinski definition) is 0. The van der Waals surface area contributed by atoms with Crippen molar-refractivity contribution >= 4 is 11.5 Å². The Balaban J connectivity index is 2.00. The van der Waals surface area contributed by atoms with E-state index in [1.165, 1.54) is 6.92 Å². The van der Waals surface area contributed by atoms with Gasteiger partial charge in [-0.1, -0.05) is 0 Å². The van der Waals surface area contributed by atoms with Crippen LogP contribution in [0.25, 0.3) is 0 Å². The van der Waals surface area contributed by atoms with Gasteiger partial charge < -0.3 is 4.90 Å². The number of alkyl halides is 3. The Kier molecular flexibility index (Phi) is 3.83. The van der Waals surface area contributed by atoms with Gasteiger partial charge in [0.05, 0.1) is 5.92 Å². The third-order valence-corrected chi connectivity index (χ3v) is 3.60. The molecule has 0 saturated carbocycles. The Morgan fingerprint density at radius 3 is 2.11 bits per heavy atom. The molecule has 104 valence electrons. The van der Waals surface area contributed by atoms with Crippen molar-refractivity contribution in [3.05, 3.63) is 29.8 Å². The smallest absolute Gasteiger partial charge is 0.372 e. The quantitative estimate of drug-likeness (QED) is 0.765. The summed E-state index contributed by atoms with van der Waals surface area (Å²) in [6, 6.07) is 7.02. The molecule has 19 heavy (non-hydrogen) atoms. The van der Waals surface area contributed by atoms with E-state index in [1.54, 1.807) is 24.3 Å². The minimum Gasteiger partial charge on any atom is -0.372 e. The monoisotopic (exact) mass is 271 g/mol. The maximum atomic E-state index is 12.6. The van der Waals surface area contributed by atoms with Gasteiger partial charge in [-0.15, -0.1) is 0 Å². The molecule has 1 saturated heterocycles. The number of carbonyl (C=O) groups is 1. The number of ketones is 1. The predicted molar refractivity (Wildman–Crippen MR) is 67.4 cm³/mol. The molecule has 0 unspecified atom stereocenters. The van der Waals surface area contributed by atoms with E-state index in [0.29, 0.717) is 18.7 Å². The van der Waals surface area contributed by atoms with Gasteiger partial charge >= 0.3 is 6.18 Å². The fourth-order valence-corrected chi connectivity index (χ4v) is 2.37. The molecule has 0 N–H and O–H groups in total. The molecule has 2 rings (SSSR count). The van der Waals surface area contributed by atoms with Crippen molar-refractivity contribution in [3.8, 4) is 0 Å². The van der Waals surface area contributed by atoms with Gasteiger partial charge in [-0.3, -0.25) is 4.79 Å². The standard InChI is InChI=1S/C14H16F3NO/c1-10(19)11-2-4-13(5-3-11)18-8-6-12(7-9-18)14(15,16)17/h2-5,12H,6-9H2,1H3. The normalized spacial score (nSPS) is 17.6. The highest BCUT2D eigenvalue weighted by atomic mass is 19.4. The van der Waals surface area contributed by atoms with Crippen LogP contribution in [0.4, 0.5) is 18.9 Å². The third-order valence-electron chi connectivity index (χ3n) is 3.60. The van der Waals surface area contributed by atoms with Gasteiger partial charge in [0.15, 0.2) is 5.78 Å². The SMILES string of the molecule is CC(=O)c1ccc(N2CCC(C(F)(F)F)CC2)cc1. The summed E-state index contributed by atoms with van der Waals surface area (Å²) in [5, 5.41) is 0. The van der Waals surface area contributed by atoms with Crippen molar-refractivity contribution in [3.63, 3.8) is 0 Å². The number of anilines is 1. The molecule has 0 atom stereocenters. The first-order valence-corrected chi connectivity index (χ1v) is 6.30. The fraction of sp³-hybridized carbons (Fsp3) is 0.500. The van der Waals surface area contributed by atoms with Crippen molar-refractivity contribution in [2.45, 2.75) is 25.9 Å². The van der Waals surface area contributed by atoms with Gasteiger partial charge in [0.2, 0.25) is 0 Å². The highest BCUT2D eigenvalue weighted by Gasteiger charge is 2.41. The summed E-state index contributed by atoms with van der Waals surface area (Å²) in [5.74, 6) is -1.19. The van der Waals surface area contributed by atoms with Crippen LogP contribution in [-0.4, -0.2) is 25.0 Å². The highest BCUT2D eigenvalue weighted by Crippen LogP contribution is 2.35. The van der Waals surface area contributed by atoms with Crippen LogP contribution in [0.5, 0.6) is 0 Å². The minimum atomic E-state index is -4.08. The number of rotatable bonds is 2. The summed E-state index contributed by atoms with van der Waals surface area (Å²) in [6.45, 7) is 2.30. The molecule has 0 amide bonds. The molecule has 1 aromatic rings. The molecule has 1 aliphatic heterocycles. The summed E-state index contributed by atoms with van der Waals surface area (Å²) in [6.07, 6.45) is -3.81. The third kappa shape index (κ3) is 3.28. The molecular formula is C14H16F3NO. The van der Waals surface area contributed by atoms with Crippen LogP contribution >= 0.6 is 0 Å². The Morgan fingerprint density at radius 2 is 1.68 bits per heavy atom. The van der Waals surface area contributed by atoms with Gasteiger partial charge in [0.1, 0.15) is 0 Å². The number of carbonyl (C=O) groups excluding carboxylic acids is 1. The number of benzene rings is 1. The van der Waals surface area contributed by atoms with Crippen molar-refractivity contribution in [2.75, 3.05) is 18.0 Å². The zero-order valence-electron chi connectivity index (χ0n) is 10.7. The lowest BCUT2D eigenvalue weighted by Gasteiger charge is -2.34. The second kappa shape index (κ2) is 5.23. The van der Waals surface area contributed by atoms with Gasteiger partial charge in [0, 0.05) is 24.3 Å². The van der Waals surface area contributed by atoms with Gasteiger partial charge in [-0.05, 0) is 44.0 Å². The van der Waals surface area contributed by atoms with Crippen LogP contribution in [0.2, 0.25) is 0 Å². The van der Waals surface area contributed by atoms with Crippen molar-refractivity contribution in [2.24, 2.45) is 5.92 Å². The highest BCUT2D eigenvalue weighted by molar-refractivity contribution is 5.94. The minimum absolute atomic E-state index is 0.0117. The lowest BCUT2D eigenvalue weighted by molar-refractivity contribution is -0.179. The number of Topliss-reactive ketones (excluding diaryl/α,β-unsaturated/α-hetero) is 1. The summed E-state index contributed by atoms with van der Waals surface area (Å²) in [7, 11) is 0. The Hall–Kier alpha value is -1.52. The second-order valence-corrected chi connectivity index (χ2v) is 4.91. The summed E-state index contributed by atoms with van der Waals surface area (Å²) in [5.41, 5.74) is 1.50. The van der Waals surface area contributed by atoms with Gasteiger partial charge in [-0.25, -0.2) is 0 Å². The molecular weight excluding hydrogens is 255 g/mol. The van der Waals surface area contributed by atoms with E-state index in [2.05, 4.69) is 0 Å². The first-order valence-electron chi connectivity index (χ1n) is 6.30. The van der Waals surface area contributed by atoms with E-state index in [4.69, 9.17) is 0 Å². The van der Waals surface area contributed by atoms with Crippen LogP contribution in [0.15, 0.2) is 24.3 Å². The fourth-order valence-electron chi connectivity index (χ4n) is 2.37. The molecule has 0 spiro atoms. The largest absolute Gasteiger partial charge is 0.391 e. The molecule has 1 aliphatic rings. The molecule has 1 aromatic carbocycles. The molecule has 2 nitrogen and oxygen atoms in total. The summed E-state index contributed by atoms with van der Waals surface area (Å²) < 4.78 is 37.7. The van der Waals surface area contributed by atoms with Crippen molar-refractivity contribution in [1.82, 2.24) is 0 Å².